The fraction of sp³-hybridized carbons (Fsp3) is 0.222. The van der Waals surface area contributed by atoms with E-state index in [0.29, 0.717) is 5.75 Å². The average molecular weight is 407 g/mol. The third-order valence-corrected chi connectivity index (χ3v) is 5.82. The summed E-state index contributed by atoms with van der Waals surface area (Å²) in [6.45, 7) is 0. The summed E-state index contributed by atoms with van der Waals surface area (Å²) in [4.78, 5) is 37.2. The summed E-state index contributed by atoms with van der Waals surface area (Å²) in [6.07, 6.45) is 0. The molecule has 0 aliphatic carbocycles. The van der Waals surface area contributed by atoms with Crippen LogP contribution in [-0.2, 0) is 9.53 Å². The molecule has 140 valence electrons. The van der Waals surface area contributed by atoms with Gasteiger partial charge >= 0.3 is 5.97 Å². The average Bonchev–Trinajstić information content (AvgIpc) is 3.12. The van der Waals surface area contributed by atoms with Crippen molar-refractivity contribution >= 4 is 40.9 Å². The molecule has 0 aromatic heterocycles. The van der Waals surface area contributed by atoms with Gasteiger partial charge in [-0.1, -0.05) is 41.9 Å². The number of non-ortho nitro benzene ring substituents is 1. The number of esters is 1. The Morgan fingerprint density at radius 2 is 1.96 bits per heavy atom. The molecule has 1 heterocycles. The summed E-state index contributed by atoms with van der Waals surface area (Å²) in [6, 6.07) is 12.2. The lowest BCUT2D eigenvalue weighted by Gasteiger charge is -2.28. The van der Waals surface area contributed by atoms with Gasteiger partial charge in [0, 0.05) is 17.9 Å². The zero-order valence-electron chi connectivity index (χ0n) is 14.2. The van der Waals surface area contributed by atoms with Crippen LogP contribution in [0.1, 0.15) is 21.3 Å². The van der Waals surface area contributed by atoms with Gasteiger partial charge in [0.25, 0.3) is 11.6 Å². The van der Waals surface area contributed by atoms with Gasteiger partial charge in [-0.3, -0.25) is 14.9 Å². The van der Waals surface area contributed by atoms with Crippen LogP contribution in [0.3, 0.4) is 0 Å². The molecule has 1 saturated heterocycles. The molecule has 0 radical (unpaired) electrons. The maximum atomic E-state index is 13.2. The van der Waals surface area contributed by atoms with E-state index in [9.17, 15) is 19.7 Å². The molecule has 7 nitrogen and oxygen atoms in total. The predicted molar refractivity (Wildman–Crippen MR) is 102 cm³/mol. The number of hydrogen-bond acceptors (Lipinski definition) is 6. The number of nitro benzene ring substituents is 1. The van der Waals surface area contributed by atoms with Crippen molar-refractivity contribution in [3.63, 3.8) is 0 Å². The third kappa shape index (κ3) is 3.77. The summed E-state index contributed by atoms with van der Waals surface area (Å²) in [5, 5.41) is 10.5. The number of amides is 1. The number of hydrogen-bond donors (Lipinski definition) is 0. The first-order valence-electron chi connectivity index (χ1n) is 7.95. The van der Waals surface area contributed by atoms with Crippen molar-refractivity contribution in [3.05, 3.63) is 74.8 Å². The van der Waals surface area contributed by atoms with Crippen molar-refractivity contribution in [2.45, 2.75) is 11.4 Å². The first kappa shape index (κ1) is 19.2. The number of rotatable bonds is 4. The van der Waals surface area contributed by atoms with Crippen molar-refractivity contribution in [2.75, 3.05) is 12.9 Å². The summed E-state index contributed by atoms with van der Waals surface area (Å²) in [5.41, 5.74) is 0.747. The fourth-order valence-electron chi connectivity index (χ4n) is 2.88. The number of carbonyl (C=O) groups is 2. The van der Waals surface area contributed by atoms with E-state index in [4.69, 9.17) is 16.3 Å². The zero-order chi connectivity index (χ0) is 19.6. The molecular weight excluding hydrogens is 392 g/mol. The third-order valence-electron chi connectivity index (χ3n) is 4.19. The van der Waals surface area contributed by atoms with E-state index >= 15 is 0 Å². The van der Waals surface area contributed by atoms with E-state index in [-0.39, 0.29) is 16.3 Å². The van der Waals surface area contributed by atoms with Crippen LogP contribution in [0.5, 0.6) is 0 Å². The normalized spacial score (nSPS) is 19.0. The summed E-state index contributed by atoms with van der Waals surface area (Å²) < 4.78 is 4.85. The molecule has 1 fully saturated rings. The summed E-state index contributed by atoms with van der Waals surface area (Å²) in [7, 11) is 1.27. The molecule has 1 aliphatic rings. The Morgan fingerprint density at radius 3 is 2.56 bits per heavy atom. The molecule has 27 heavy (non-hydrogen) atoms. The molecule has 2 aromatic rings. The standard InChI is InChI=1S/C18H15ClN2O5S/c1-26-18(23)15-10-27-17(11-5-3-2-4-6-11)20(15)16(22)13-8-7-12(21(24)25)9-14(13)19/h2-9,15,17H,10H2,1H3. The minimum absolute atomic E-state index is 0.0403. The lowest BCUT2D eigenvalue weighted by Crippen LogP contribution is -2.43. The maximum Gasteiger partial charge on any atom is 0.329 e. The largest absolute Gasteiger partial charge is 0.467 e. The number of thioether (sulfide) groups is 1. The second-order valence-electron chi connectivity index (χ2n) is 5.77. The molecule has 3 rings (SSSR count). The zero-order valence-corrected chi connectivity index (χ0v) is 15.8. The molecule has 0 saturated carbocycles. The summed E-state index contributed by atoms with van der Waals surface area (Å²) >= 11 is 7.57. The molecule has 2 atom stereocenters. The molecular formula is C18H15ClN2O5S. The number of benzene rings is 2. The molecule has 0 spiro atoms. The Labute approximate surface area is 164 Å². The Hall–Kier alpha value is -2.58. The van der Waals surface area contributed by atoms with Crippen LogP contribution in [0.15, 0.2) is 48.5 Å². The van der Waals surface area contributed by atoms with Gasteiger partial charge in [-0.2, -0.15) is 0 Å². The Balaban J connectivity index is 2.01. The Kier molecular flexibility index (Phi) is 5.67. The SMILES string of the molecule is COC(=O)C1CSC(c2ccccc2)N1C(=O)c1ccc([N+](=O)[O-])cc1Cl. The Bertz CT molecular complexity index is 893. The highest BCUT2D eigenvalue weighted by molar-refractivity contribution is 7.99. The summed E-state index contributed by atoms with van der Waals surface area (Å²) in [5.74, 6) is -0.626. The van der Waals surface area contributed by atoms with Gasteiger partial charge < -0.3 is 9.64 Å². The topological polar surface area (TPSA) is 89.8 Å². The van der Waals surface area contributed by atoms with Gasteiger partial charge in [0.15, 0.2) is 0 Å². The van der Waals surface area contributed by atoms with Crippen molar-refractivity contribution in [3.8, 4) is 0 Å². The van der Waals surface area contributed by atoms with Gasteiger partial charge in [0.1, 0.15) is 11.4 Å². The quantitative estimate of drug-likeness (QED) is 0.437. The lowest BCUT2D eigenvalue weighted by molar-refractivity contribution is -0.384. The van der Waals surface area contributed by atoms with Crippen LogP contribution in [-0.4, -0.2) is 40.6 Å². The molecule has 1 amide bonds. The molecule has 9 heteroatoms. The van der Waals surface area contributed by atoms with Crippen LogP contribution in [0, 0.1) is 10.1 Å². The first-order valence-corrected chi connectivity index (χ1v) is 9.37. The Morgan fingerprint density at radius 1 is 1.26 bits per heavy atom. The minimum atomic E-state index is -0.774. The smallest absolute Gasteiger partial charge is 0.329 e. The van der Waals surface area contributed by atoms with Crippen LogP contribution >= 0.6 is 23.4 Å². The highest BCUT2D eigenvalue weighted by Crippen LogP contribution is 2.43. The van der Waals surface area contributed by atoms with Crippen LogP contribution in [0.25, 0.3) is 0 Å². The monoisotopic (exact) mass is 406 g/mol. The second-order valence-corrected chi connectivity index (χ2v) is 7.29. The number of carbonyl (C=O) groups excluding carboxylic acids is 2. The molecule has 0 bridgehead atoms. The second kappa shape index (κ2) is 7.98. The molecule has 2 unspecified atom stereocenters. The number of nitro groups is 1. The van der Waals surface area contributed by atoms with Gasteiger partial charge in [-0.15, -0.1) is 11.8 Å². The van der Waals surface area contributed by atoms with Crippen LogP contribution in [0.2, 0.25) is 5.02 Å². The predicted octanol–water partition coefficient (Wildman–Crippen LogP) is 3.68. The lowest BCUT2D eigenvalue weighted by atomic mass is 10.1. The molecule has 2 aromatic carbocycles. The number of nitrogens with zero attached hydrogens (tertiary/aromatic N) is 2. The van der Waals surface area contributed by atoms with Crippen LogP contribution < -0.4 is 0 Å². The molecule has 0 N–H and O–H groups in total. The fourth-order valence-corrected chi connectivity index (χ4v) is 4.55. The van der Waals surface area contributed by atoms with E-state index in [1.54, 1.807) is 0 Å². The van der Waals surface area contributed by atoms with Crippen molar-refractivity contribution in [2.24, 2.45) is 0 Å². The van der Waals surface area contributed by atoms with Gasteiger partial charge in [-0.25, -0.2) is 4.79 Å². The van der Waals surface area contributed by atoms with E-state index in [2.05, 4.69) is 0 Å². The number of halogens is 1. The van der Waals surface area contributed by atoms with E-state index in [1.165, 1.54) is 35.9 Å². The minimum Gasteiger partial charge on any atom is -0.467 e. The maximum absolute atomic E-state index is 13.2. The number of methoxy groups -OCH3 is 1. The van der Waals surface area contributed by atoms with Crippen molar-refractivity contribution < 1.29 is 19.2 Å². The van der Waals surface area contributed by atoms with Crippen molar-refractivity contribution in [1.82, 2.24) is 4.90 Å². The highest BCUT2D eigenvalue weighted by Gasteiger charge is 2.43. The van der Waals surface area contributed by atoms with Gasteiger partial charge in [0.05, 0.1) is 22.6 Å². The van der Waals surface area contributed by atoms with Crippen LogP contribution in [0.4, 0.5) is 5.69 Å². The van der Waals surface area contributed by atoms with Crippen molar-refractivity contribution in [1.29, 1.82) is 0 Å². The van der Waals surface area contributed by atoms with E-state index < -0.39 is 28.2 Å². The number of ether oxygens (including phenoxy) is 1. The highest BCUT2D eigenvalue weighted by atomic mass is 35.5. The van der Waals surface area contributed by atoms with E-state index in [1.807, 2.05) is 30.3 Å². The van der Waals surface area contributed by atoms with E-state index in [0.717, 1.165) is 11.6 Å². The van der Waals surface area contributed by atoms with Gasteiger partial charge in [0.2, 0.25) is 0 Å². The van der Waals surface area contributed by atoms with Gasteiger partial charge in [-0.05, 0) is 11.6 Å². The first-order chi connectivity index (χ1) is 12.9. The molecule has 1 aliphatic heterocycles.